The fourth-order valence-electron chi connectivity index (χ4n) is 0.966. The van der Waals surface area contributed by atoms with Gasteiger partial charge in [0.1, 0.15) is 0 Å². The van der Waals surface area contributed by atoms with E-state index in [0.29, 0.717) is 25.5 Å². The average Bonchev–Trinajstić information content (AvgIpc) is 2.12. The van der Waals surface area contributed by atoms with Crippen molar-refractivity contribution in [3.8, 4) is 0 Å². The van der Waals surface area contributed by atoms with Gasteiger partial charge in [0, 0.05) is 32.7 Å². The van der Waals surface area contributed by atoms with Gasteiger partial charge in [-0.3, -0.25) is 4.79 Å². The van der Waals surface area contributed by atoms with Crippen molar-refractivity contribution in [1.29, 1.82) is 0 Å². The molecule has 1 atom stereocenters. The molecule has 0 aliphatic rings. The lowest BCUT2D eigenvalue weighted by Crippen LogP contribution is -2.35. The molecule has 0 aliphatic carbocycles. The van der Waals surface area contributed by atoms with E-state index in [2.05, 4.69) is 5.32 Å². The molecule has 0 spiro atoms. The molecule has 1 amide bonds. The number of amides is 1. The Morgan fingerprint density at radius 3 is 2.64 bits per heavy atom. The standard InChI is InChI=1S/C10H22N2O2/c1-8(2)9(11)7-10(13)12-5-4-6-14-3/h8-9H,4-7,11H2,1-3H3,(H,12,13). The third-order valence-corrected chi connectivity index (χ3v) is 2.12. The van der Waals surface area contributed by atoms with Crippen LogP contribution in [0.2, 0.25) is 0 Å². The number of carbonyl (C=O) groups excluding carboxylic acids is 1. The summed E-state index contributed by atoms with van der Waals surface area (Å²) in [5.74, 6) is 0.377. The molecule has 4 nitrogen and oxygen atoms in total. The Bertz CT molecular complexity index is 160. The smallest absolute Gasteiger partial charge is 0.221 e. The summed E-state index contributed by atoms with van der Waals surface area (Å²) in [4.78, 5) is 11.3. The van der Waals surface area contributed by atoms with Gasteiger partial charge in [-0.15, -0.1) is 0 Å². The zero-order valence-corrected chi connectivity index (χ0v) is 9.38. The number of carbonyl (C=O) groups is 1. The van der Waals surface area contributed by atoms with Crippen molar-refractivity contribution in [1.82, 2.24) is 5.32 Å². The van der Waals surface area contributed by atoms with E-state index in [9.17, 15) is 4.79 Å². The van der Waals surface area contributed by atoms with Gasteiger partial charge in [-0.1, -0.05) is 13.8 Å². The van der Waals surface area contributed by atoms with Crippen LogP contribution < -0.4 is 11.1 Å². The summed E-state index contributed by atoms with van der Waals surface area (Å²) >= 11 is 0. The normalized spacial score (nSPS) is 12.9. The molecule has 0 aromatic rings. The van der Waals surface area contributed by atoms with Crippen LogP contribution in [-0.4, -0.2) is 32.2 Å². The SMILES string of the molecule is COCCCNC(=O)CC(N)C(C)C. The van der Waals surface area contributed by atoms with Crippen LogP contribution >= 0.6 is 0 Å². The molecule has 4 heteroatoms. The molecule has 0 saturated carbocycles. The fourth-order valence-corrected chi connectivity index (χ4v) is 0.966. The number of hydrogen-bond acceptors (Lipinski definition) is 3. The van der Waals surface area contributed by atoms with Crippen LogP contribution in [0.25, 0.3) is 0 Å². The second-order valence-corrected chi connectivity index (χ2v) is 3.81. The Morgan fingerprint density at radius 2 is 2.14 bits per heavy atom. The molecule has 0 rings (SSSR count). The molecule has 0 heterocycles. The molecule has 0 aliphatic heterocycles. The number of nitrogens with two attached hydrogens (primary N) is 1. The molecule has 0 aromatic carbocycles. The Morgan fingerprint density at radius 1 is 1.50 bits per heavy atom. The number of methoxy groups -OCH3 is 1. The van der Waals surface area contributed by atoms with E-state index in [0.717, 1.165) is 6.42 Å². The van der Waals surface area contributed by atoms with E-state index in [1.165, 1.54) is 0 Å². The molecular formula is C10H22N2O2. The lowest BCUT2D eigenvalue weighted by atomic mass is 10.0. The molecule has 0 radical (unpaired) electrons. The first kappa shape index (κ1) is 13.4. The maximum Gasteiger partial charge on any atom is 0.221 e. The summed E-state index contributed by atoms with van der Waals surface area (Å²) in [5.41, 5.74) is 5.76. The lowest BCUT2D eigenvalue weighted by molar-refractivity contribution is -0.121. The molecule has 0 saturated heterocycles. The summed E-state index contributed by atoms with van der Waals surface area (Å²) < 4.78 is 4.87. The predicted molar refractivity (Wildman–Crippen MR) is 56.9 cm³/mol. The molecule has 0 bridgehead atoms. The molecule has 84 valence electrons. The van der Waals surface area contributed by atoms with Gasteiger partial charge in [-0.05, 0) is 12.3 Å². The van der Waals surface area contributed by atoms with E-state index in [1.807, 2.05) is 13.8 Å². The Hall–Kier alpha value is -0.610. The quantitative estimate of drug-likeness (QED) is 0.591. The van der Waals surface area contributed by atoms with Crippen molar-refractivity contribution in [3.63, 3.8) is 0 Å². The summed E-state index contributed by atoms with van der Waals surface area (Å²) in [6.07, 6.45) is 1.25. The van der Waals surface area contributed by atoms with Gasteiger partial charge in [-0.2, -0.15) is 0 Å². The van der Waals surface area contributed by atoms with Crippen LogP contribution in [0.3, 0.4) is 0 Å². The molecule has 3 N–H and O–H groups in total. The number of rotatable bonds is 7. The van der Waals surface area contributed by atoms with Gasteiger partial charge >= 0.3 is 0 Å². The van der Waals surface area contributed by atoms with Crippen LogP contribution in [0.4, 0.5) is 0 Å². The molecule has 0 aromatic heterocycles. The highest BCUT2D eigenvalue weighted by Gasteiger charge is 2.11. The predicted octanol–water partition coefficient (Wildman–Crippen LogP) is 0.513. The largest absolute Gasteiger partial charge is 0.385 e. The van der Waals surface area contributed by atoms with Gasteiger partial charge in [0.2, 0.25) is 5.91 Å². The Kier molecular flexibility index (Phi) is 7.42. The summed E-state index contributed by atoms with van der Waals surface area (Å²) in [6, 6.07) is -0.0441. The monoisotopic (exact) mass is 202 g/mol. The van der Waals surface area contributed by atoms with Crippen molar-refractivity contribution < 1.29 is 9.53 Å². The van der Waals surface area contributed by atoms with Gasteiger partial charge in [0.05, 0.1) is 0 Å². The zero-order chi connectivity index (χ0) is 11.0. The van der Waals surface area contributed by atoms with Gasteiger partial charge in [-0.25, -0.2) is 0 Å². The van der Waals surface area contributed by atoms with Gasteiger partial charge < -0.3 is 15.8 Å². The van der Waals surface area contributed by atoms with Crippen molar-refractivity contribution >= 4 is 5.91 Å². The molecule has 14 heavy (non-hydrogen) atoms. The first-order valence-electron chi connectivity index (χ1n) is 5.09. The summed E-state index contributed by atoms with van der Waals surface area (Å²) in [5, 5.41) is 2.80. The van der Waals surface area contributed by atoms with Crippen LogP contribution in [0.15, 0.2) is 0 Å². The van der Waals surface area contributed by atoms with Crippen LogP contribution in [0, 0.1) is 5.92 Å². The van der Waals surface area contributed by atoms with Crippen LogP contribution in [0.1, 0.15) is 26.7 Å². The number of ether oxygens (including phenoxy) is 1. The number of nitrogens with one attached hydrogen (secondary N) is 1. The fraction of sp³-hybridized carbons (Fsp3) is 0.900. The second-order valence-electron chi connectivity index (χ2n) is 3.81. The summed E-state index contributed by atoms with van der Waals surface area (Å²) in [6.45, 7) is 5.37. The molecule has 0 fully saturated rings. The van der Waals surface area contributed by atoms with Crippen molar-refractivity contribution in [3.05, 3.63) is 0 Å². The first-order valence-corrected chi connectivity index (χ1v) is 5.09. The van der Waals surface area contributed by atoms with E-state index in [4.69, 9.17) is 10.5 Å². The highest BCUT2D eigenvalue weighted by atomic mass is 16.5. The van der Waals surface area contributed by atoms with E-state index in [-0.39, 0.29) is 11.9 Å². The van der Waals surface area contributed by atoms with Gasteiger partial charge in [0.25, 0.3) is 0 Å². The van der Waals surface area contributed by atoms with Crippen molar-refractivity contribution in [2.24, 2.45) is 11.7 Å². The maximum absolute atomic E-state index is 11.3. The molecular weight excluding hydrogens is 180 g/mol. The highest BCUT2D eigenvalue weighted by molar-refractivity contribution is 5.76. The Balaban J connectivity index is 3.45. The third kappa shape index (κ3) is 6.86. The topological polar surface area (TPSA) is 64.3 Å². The minimum absolute atomic E-state index is 0.0299. The van der Waals surface area contributed by atoms with Gasteiger partial charge in [0.15, 0.2) is 0 Å². The first-order chi connectivity index (χ1) is 6.57. The van der Waals surface area contributed by atoms with E-state index >= 15 is 0 Å². The number of hydrogen-bond donors (Lipinski definition) is 2. The minimum Gasteiger partial charge on any atom is -0.385 e. The van der Waals surface area contributed by atoms with Crippen LogP contribution in [0.5, 0.6) is 0 Å². The second kappa shape index (κ2) is 7.76. The highest BCUT2D eigenvalue weighted by Crippen LogP contribution is 2.01. The Labute approximate surface area is 86.2 Å². The van der Waals surface area contributed by atoms with E-state index < -0.39 is 0 Å². The van der Waals surface area contributed by atoms with E-state index in [1.54, 1.807) is 7.11 Å². The third-order valence-electron chi connectivity index (χ3n) is 2.12. The van der Waals surface area contributed by atoms with Crippen LogP contribution in [-0.2, 0) is 9.53 Å². The average molecular weight is 202 g/mol. The maximum atomic E-state index is 11.3. The minimum atomic E-state index is -0.0441. The summed E-state index contributed by atoms with van der Waals surface area (Å²) in [7, 11) is 1.65. The van der Waals surface area contributed by atoms with Crippen molar-refractivity contribution in [2.45, 2.75) is 32.7 Å². The molecule has 1 unspecified atom stereocenters. The van der Waals surface area contributed by atoms with Crippen molar-refractivity contribution in [2.75, 3.05) is 20.3 Å². The lowest BCUT2D eigenvalue weighted by Gasteiger charge is -2.14. The zero-order valence-electron chi connectivity index (χ0n) is 9.38.